The van der Waals surface area contributed by atoms with Crippen molar-refractivity contribution in [3.8, 4) is 0 Å². The van der Waals surface area contributed by atoms with Crippen LogP contribution < -0.4 is 10.6 Å². The molecule has 0 unspecified atom stereocenters. The molecule has 3 heterocycles. The molecular weight excluding hydrogens is 296 g/mol. The topological polar surface area (TPSA) is 88.2 Å². The van der Waals surface area contributed by atoms with Crippen LogP contribution in [-0.4, -0.2) is 46.0 Å². The summed E-state index contributed by atoms with van der Waals surface area (Å²) in [6.45, 7) is 3.99. The van der Waals surface area contributed by atoms with E-state index in [-0.39, 0.29) is 12.1 Å². The molecule has 1 saturated heterocycles. The Morgan fingerprint density at radius 1 is 1.39 bits per heavy atom. The number of hydrogen-bond donors (Lipinski definition) is 2. The minimum atomic E-state index is -0.311. The average Bonchev–Trinajstić information content (AvgIpc) is 3.19. The minimum absolute atomic E-state index is 0.232. The summed E-state index contributed by atoms with van der Waals surface area (Å²) in [5, 5.41) is 13.8. The van der Waals surface area contributed by atoms with Gasteiger partial charge in [0.15, 0.2) is 5.82 Å². The maximum atomic E-state index is 12.0. The number of rotatable bonds is 4. The summed E-state index contributed by atoms with van der Waals surface area (Å²) in [5.74, 6) is 0.550. The van der Waals surface area contributed by atoms with Crippen LogP contribution in [0.1, 0.15) is 37.5 Å². The maximum absolute atomic E-state index is 12.0. The van der Waals surface area contributed by atoms with Crippen molar-refractivity contribution in [3.63, 3.8) is 0 Å². The van der Waals surface area contributed by atoms with Crippen LogP contribution in [0.4, 0.5) is 10.6 Å². The lowest BCUT2D eigenvalue weighted by atomic mass is 10.1. The number of anilines is 1. The summed E-state index contributed by atoms with van der Waals surface area (Å²) in [6.07, 6.45) is 5.56. The molecule has 2 aromatic heterocycles. The fourth-order valence-corrected chi connectivity index (χ4v) is 2.74. The molecule has 0 aromatic carbocycles. The van der Waals surface area contributed by atoms with E-state index in [1.165, 1.54) is 6.26 Å². The van der Waals surface area contributed by atoms with Crippen LogP contribution in [0.15, 0.2) is 29.1 Å². The Kier molecular flexibility index (Phi) is 4.61. The first-order valence-electron chi connectivity index (χ1n) is 7.83. The fraction of sp³-hybridized carbons (Fsp3) is 0.533. The largest absolute Gasteiger partial charge is 0.364 e. The normalized spacial score (nSPS) is 17.8. The van der Waals surface area contributed by atoms with Crippen molar-refractivity contribution >= 4 is 11.8 Å². The molecule has 0 aliphatic carbocycles. The van der Waals surface area contributed by atoms with E-state index in [2.05, 4.69) is 32.8 Å². The molecule has 0 radical (unpaired) electrons. The SMILES string of the molecule is C[C@H](NC(=O)Nc1ccn(C2CCN(C)CC2)n1)c1ccon1. The maximum Gasteiger partial charge on any atom is 0.320 e. The molecule has 1 atom stereocenters. The van der Waals surface area contributed by atoms with Gasteiger partial charge in [-0.1, -0.05) is 5.16 Å². The van der Waals surface area contributed by atoms with Crippen LogP contribution in [0.5, 0.6) is 0 Å². The van der Waals surface area contributed by atoms with Crippen LogP contribution in [0.25, 0.3) is 0 Å². The summed E-state index contributed by atoms with van der Waals surface area (Å²) in [4.78, 5) is 14.3. The van der Waals surface area contributed by atoms with Crippen LogP contribution in [-0.2, 0) is 0 Å². The Balaban J connectivity index is 1.53. The quantitative estimate of drug-likeness (QED) is 0.900. The van der Waals surface area contributed by atoms with Crippen molar-refractivity contribution in [2.45, 2.75) is 31.8 Å². The van der Waals surface area contributed by atoms with Crippen LogP contribution in [0.3, 0.4) is 0 Å². The number of urea groups is 1. The van der Waals surface area contributed by atoms with Gasteiger partial charge < -0.3 is 14.7 Å². The van der Waals surface area contributed by atoms with Crippen molar-refractivity contribution in [2.24, 2.45) is 0 Å². The predicted molar refractivity (Wildman–Crippen MR) is 85.1 cm³/mol. The predicted octanol–water partition coefficient (Wildman–Crippen LogP) is 2.02. The van der Waals surface area contributed by atoms with Crippen LogP contribution in [0, 0.1) is 0 Å². The van der Waals surface area contributed by atoms with Gasteiger partial charge in [0.1, 0.15) is 12.0 Å². The Hall–Kier alpha value is -2.35. The monoisotopic (exact) mass is 318 g/mol. The van der Waals surface area contributed by atoms with Crippen molar-refractivity contribution in [1.82, 2.24) is 25.2 Å². The molecule has 8 heteroatoms. The highest BCUT2D eigenvalue weighted by Crippen LogP contribution is 2.21. The minimum Gasteiger partial charge on any atom is -0.364 e. The average molecular weight is 318 g/mol. The number of carbonyl (C=O) groups excluding carboxylic acids is 1. The highest BCUT2D eigenvalue weighted by Gasteiger charge is 2.19. The van der Waals surface area contributed by atoms with E-state index in [1.54, 1.807) is 6.07 Å². The van der Waals surface area contributed by atoms with Crippen LogP contribution in [0.2, 0.25) is 0 Å². The van der Waals surface area contributed by atoms with Crippen molar-refractivity contribution in [3.05, 3.63) is 30.3 Å². The van der Waals surface area contributed by atoms with Crippen molar-refractivity contribution in [1.29, 1.82) is 0 Å². The van der Waals surface area contributed by atoms with Crippen LogP contribution >= 0.6 is 0 Å². The molecule has 2 N–H and O–H groups in total. The summed E-state index contributed by atoms with van der Waals surface area (Å²) >= 11 is 0. The van der Waals surface area contributed by atoms with Crippen molar-refractivity contribution < 1.29 is 9.32 Å². The van der Waals surface area contributed by atoms with E-state index in [0.717, 1.165) is 25.9 Å². The summed E-state index contributed by atoms with van der Waals surface area (Å²) in [7, 11) is 2.13. The number of hydrogen-bond acceptors (Lipinski definition) is 5. The van der Waals surface area contributed by atoms with Gasteiger partial charge in [0.25, 0.3) is 0 Å². The lowest BCUT2D eigenvalue weighted by molar-refractivity contribution is 0.212. The van der Waals surface area contributed by atoms with E-state index in [1.807, 2.05) is 23.9 Å². The van der Waals surface area contributed by atoms with Gasteiger partial charge in [-0.05, 0) is 39.9 Å². The molecule has 2 aromatic rings. The highest BCUT2D eigenvalue weighted by atomic mass is 16.5. The smallest absolute Gasteiger partial charge is 0.320 e. The molecule has 8 nitrogen and oxygen atoms in total. The third-order valence-corrected chi connectivity index (χ3v) is 4.16. The van der Waals surface area contributed by atoms with Gasteiger partial charge in [0, 0.05) is 18.3 Å². The second kappa shape index (κ2) is 6.82. The van der Waals surface area contributed by atoms with Gasteiger partial charge >= 0.3 is 6.03 Å². The Bertz CT molecular complexity index is 630. The lowest BCUT2D eigenvalue weighted by Crippen LogP contribution is -2.32. The lowest BCUT2D eigenvalue weighted by Gasteiger charge is -2.28. The Morgan fingerprint density at radius 3 is 2.87 bits per heavy atom. The van der Waals surface area contributed by atoms with Crippen molar-refractivity contribution in [2.75, 3.05) is 25.5 Å². The molecule has 1 fully saturated rings. The van der Waals surface area contributed by atoms with Gasteiger partial charge in [-0.15, -0.1) is 0 Å². The zero-order valence-corrected chi connectivity index (χ0v) is 13.4. The first-order chi connectivity index (χ1) is 11.1. The number of amides is 2. The third kappa shape index (κ3) is 3.89. The number of likely N-dealkylation sites (tertiary alicyclic amines) is 1. The second-order valence-electron chi connectivity index (χ2n) is 5.96. The van der Waals surface area contributed by atoms with E-state index < -0.39 is 0 Å². The first kappa shape index (κ1) is 15.5. The Labute approximate surface area is 134 Å². The highest BCUT2D eigenvalue weighted by molar-refractivity contribution is 5.88. The molecule has 124 valence electrons. The number of piperidine rings is 1. The number of carbonyl (C=O) groups is 1. The van der Waals surface area contributed by atoms with Gasteiger partial charge in [0.2, 0.25) is 0 Å². The number of aromatic nitrogens is 3. The van der Waals surface area contributed by atoms with Gasteiger partial charge in [-0.3, -0.25) is 10.00 Å². The summed E-state index contributed by atoms with van der Waals surface area (Å²) < 4.78 is 6.72. The molecule has 0 bridgehead atoms. The van der Waals surface area contributed by atoms with Gasteiger partial charge in [0.05, 0.1) is 12.1 Å². The standard InChI is InChI=1S/C15H22N6O2/c1-11(13-6-10-23-19-13)16-15(22)17-14-5-9-21(18-14)12-3-7-20(2)8-4-12/h5-6,9-12H,3-4,7-8H2,1-2H3,(H2,16,17,18,22)/t11-/m0/s1. The van der Waals surface area contributed by atoms with Gasteiger partial charge in [-0.2, -0.15) is 5.10 Å². The molecule has 1 aliphatic heterocycles. The molecule has 1 aliphatic rings. The number of nitrogens with zero attached hydrogens (tertiary/aromatic N) is 4. The van der Waals surface area contributed by atoms with E-state index in [9.17, 15) is 4.79 Å². The molecular formula is C15H22N6O2. The third-order valence-electron chi connectivity index (χ3n) is 4.16. The zero-order chi connectivity index (χ0) is 16.2. The fourth-order valence-electron chi connectivity index (χ4n) is 2.74. The summed E-state index contributed by atoms with van der Waals surface area (Å²) in [6, 6.07) is 3.40. The molecule has 2 amide bonds. The molecule has 23 heavy (non-hydrogen) atoms. The van der Waals surface area contributed by atoms with E-state index in [4.69, 9.17) is 4.52 Å². The number of nitrogens with one attached hydrogen (secondary N) is 2. The first-order valence-corrected chi connectivity index (χ1v) is 7.83. The van der Waals surface area contributed by atoms with E-state index >= 15 is 0 Å². The van der Waals surface area contributed by atoms with Gasteiger partial charge in [-0.25, -0.2) is 4.79 Å². The Morgan fingerprint density at radius 2 is 2.17 bits per heavy atom. The molecule has 0 saturated carbocycles. The molecule has 0 spiro atoms. The molecule has 3 rings (SSSR count). The zero-order valence-electron chi connectivity index (χ0n) is 13.4. The second-order valence-corrected chi connectivity index (χ2v) is 5.96. The summed E-state index contributed by atoms with van der Waals surface area (Å²) in [5.41, 5.74) is 0.678. The van der Waals surface area contributed by atoms with E-state index in [0.29, 0.717) is 17.6 Å².